The molecule has 1 heterocycles. The Morgan fingerprint density at radius 1 is 1.28 bits per heavy atom. The van der Waals surface area contributed by atoms with Gasteiger partial charge in [-0.25, -0.2) is 0 Å². The molecule has 0 aliphatic carbocycles. The Morgan fingerprint density at radius 3 is 2.44 bits per heavy atom. The zero-order valence-electron chi connectivity index (χ0n) is 10.5. The van der Waals surface area contributed by atoms with Crippen LogP contribution in [0.15, 0.2) is 24.3 Å². The number of nitrogen functional groups attached to an aromatic ring is 1. The van der Waals surface area contributed by atoms with Crippen LogP contribution < -0.4 is 10.0 Å². The molecular weight excluding hydrogens is 250 g/mol. The normalized spacial score (nSPS) is 16.9. The quantitative estimate of drug-likeness (QED) is 0.841. The highest BCUT2D eigenvalue weighted by Gasteiger charge is 2.31. The van der Waals surface area contributed by atoms with Crippen molar-refractivity contribution in [3.05, 3.63) is 24.3 Å². The predicted octanol–water partition coefficient (Wildman–Crippen LogP) is 1.44. The zero-order chi connectivity index (χ0) is 13.2. The predicted molar refractivity (Wildman–Crippen MR) is 73.6 cm³/mol. The van der Waals surface area contributed by atoms with E-state index in [1.165, 1.54) is 8.61 Å². The Hall–Kier alpha value is -1.27. The molecule has 0 radical (unpaired) electrons. The summed E-state index contributed by atoms with van der Waals surface area (Å²) in [6.45, 7) is 3.41. The van der Waals surface area contributed by atoms with Crippen molar-refractivity contribution in [3.63, 3.8) is 0 Å². The van der Waals surface area contributed by atoms with Crippen molar-refractivity contribution >= 4 is 21.6 Å². The first-order valence-corrected chi connectivity index (χ1v) is 7.59. The van der Waals surface area contributed by atoms with Gasteiger partial charge in [0, 0.05) is 19.6 Å². The van der Waals surface area contributed by atoms with E-state index in [0.717, 1.165) is 12.8 Å². The molecule has 1 aliphatic heterocycles. The first-order valence-electron chi connectivity index (χ1n) is 6.19. The minimum atomic E-state index is -3.44. The zero-order valence-corrected chi connectivity index (χ0v) is 11.4. The standard InChI is InChI=1S/C12H19N3O2S/c1-2-15(12-8-4-3-7-11(12)13)18(16,17)14-9-5-6-10-14/h3-4,7-8H,2,5-6,9-10,13H2,1H3. The van der Waals surface area contributed by atoms with Gasteiger partial charge in [0.1, 0.15) is 0 Å². The molecule has 100 valence electrons. The summed E-state index contributed by atoms with van der Waals surface area (Å²) in [5.74, 6) is 0. The van der Waals surface area contributed by atoms with Gasteiger partial charge in [0.25, 0.3) is 0 Å². The average molecular weight is 269 g/mol. The van der Waals surface area contributed by atoms with Crippen molar-refractivity contribution < 1.29 is 8.42 Å². The minimum absolute atomic E-state index is 0.382. The van der Waals surface area contributed by atoms with E-state index in [1.54, 1.807) is 24.3 Å². The molecule has 1 saturated heterocycles. The van der Waals surface area contributed by atoms with E-state index in [-0.39, 0.29) is 0 Å². The highest BCUT2D eigenvalue weighted by molar-refractivity contribution is 7.90. The monoisotopic (exact) mass is 269 g/mol. The molecule has 0 bridgehead atoms. The Morgan fingerprint density at radius 2 is 1.89 bits per heavy atom. The highest BCUT2D eigenvalue weighted by atomic mass is 32.2. The maximum Gasteiger partial charge on any atom is 0.304 e. The molecule has 0 atom stereocenters. The maximum absolute atomic E-state index is 12.5. The molecule has 1 aliphatic rings. The number of hydrogen-bond acceptors (Lipinski definition) is 3. The summed E-state index contributed by atoms with van der Waals surface area (Å²) in [6.07, 6.45) is 1.86. The Balaban J connectivity index is 2.37. The van der Waals surface area contributed by atoms with Crippen LogP contribution in [0, 0.1) is 0 Å². The van der Waals surface area contributed by atoms with Crippen LogP contribution in [0.3, 0.4) is 0 Å². The highest BCUT2D eigenvalue weighted by Crippen LogP contribution is 2.27. The van der Waals surface area contributed by atoms with Crippen LogP contribution in [0.4, 0.5) is 11.4 Å². The molecule has 1 aromatic rings. The summed E-state index contributed by atoms with van der Waals surface area (Å²) in [5, 5.41) is 0. The summed E-state index contributed by atoms with van der Waals surface area (Å²) in [5.41, 5.74) is 6.92. The maximum atomic E-state index is 12.5. The molecule has 1 aromatic carbocycles. The number of nitrogens with two attached hydrogens (primary N) is 1. The molecule has 0 aromatic heterocycles. The van der Waals surface area contributed by atoms with Gasteiger partial charge in [-0.2, -0.15) is 12.7 Å². The second-order valence-electron chi connectivity index (χ2n) is 4.34. The molecule has 0 saturated carbocycles. The number of hydrogen-bond donors (Lipinski definition) is 1. The Bertz CT molecular complexity index is 510. The van der Waals surface area contributed by atoms with Crippen LogP contribution in [0.2, 0.25) is 0 Å². The van der Waals surface area contributed by atoms with Gasteiger partial charge in [0.15, 0.2) is 0 Å². The van der Waals surface area contributed by atoms with Crippen LogP contribution >= 0.6 is 0 Å². The van der Waals surface area contributed by atoms with Crippen LogP contribution in [-0.2, 0) is 10.2 Å². The Kier molecular flexibility index (Phi) is 3.77. The SMILES string of the molecule is CCN(c1ccccc1N)S(=O)(=O)N1CCCC1. The topological polar surface area (TPSA) is 66.6 Å². The molecule has 2 N–H and O–H groups in total. The average Bonchev–Trinajstić information content (AvgIpc) is 2.86. The third kappa shape index (κ3) is 2.30. The fourth-order valence-corrected chi connectivity index (χ4v) is 3.97. The summed E-state index contributed by atoms with van der Waals surface area (Å²) in [6, 6.07) is 7.06. The van der Waals surface area contributed by atoms with Crippen LogP contribution in [-0.4, -0.2) is 32.4 Å². The molecule has 5 nitrogen and oxygen atoms in total. The lowest BCUT2D eigenvalue weighted by molar-refractivity contribution is 0.474. The summed E-state index contributed by atoms with van der Waals surface area (Å²) >= 11 is 0. The molecular formula is C12H19N3O2S. The molecule has 6 heteroatoms. The van der Waals surface area contributed by atoms with Gasteiger partial charge in [-0.15, -0.1) is 0 Å². The molecule has 0 amide bonds. The number of rotatable bonds is 4. The van der Waals surface area contributed by atoms with E-state index in [4.69, 9.17) is 5.73 Å². The second-order valence-corrected chi connectivity index (χ2v) is 6.19. The first kappa shape index (κ1) is 13.2. The van der Waals surface area contributed by atoms with E-state index in [9.17, 15) is 8.42 Å². The lowest BCUT2D eigenvalue weighted by Gasteiger charge is -2.28. The van der Waals surface area contributed by atoms with Gasteiger partial charge in [0.2, 0.25) is 0 Å². The molecule has 0 unspecified atom stereocenters. The van der Waals surface area contributed by atoms with Crippen molar-refractivity contribution in [1.29, 1.82) is 0 Å². The second kappa shape index (κ2) is 5.16. The third-order valence-electron chi connectivity index (χ3n) is 3.16. The van der Waals surface area contributed by atoms with Crippen molar-refractivity contribution in [2.45, 2.75) is 19.8 Å². The number of anilines is 2. The van der Waals surface area contributed by atoms with Gasteiger partial charge >= 0.3 is 10.2 Å². The lowest BCUT2D eigenvalue weighted by Crippen LogP contribution is -2.42. The fourth-order valence-electron chi connectivity index (χ4n) is 2.23. The van der Waals surface area contributed by atoms with Crippen molar-refractivity contribution in [3.8, 4) is 0 Å². The molecule has 1 fully saturated rings. The van der Waals surface area contributed by atoms with E-state index in [1.807, 2.05) is 6.92 Å². The van der Waals surface area contributed by atoms with Crippen molar-refractivity contribution in [2.75, 3.05) is 29.7 Å². The lowest BCUT2D eigenvalue weighted by atomic mass is 10.3. The fraction of sp³-hybridized carbons (Fsp3) is 0.500. The number of para-hydroxylation sites is 2. The van der Waals surface area contributed by atoms with Crippen LogP contribution in [0.25, 0.3) is 0 Å². The summed E-state index contributed by atoms with van der Waals surface area (Å²) < 4.78 is 27.9. The summed E-state index contributed by atoms with van der Waals surface area (Å²) in [7, 11) is -3.44. The smallest absolute Gasteiger partial charge is 0.304 e. The van der Waals surface area contributed by atoms with Crippen molar-refractivity contribution in [1.82, 2.24) is 4.31 Å². The third-order valence-corrected chi connectivity index (χ3v) is 5.19. The minimum Gasteiger partial charge on any atom is -0.397 e. The van der Waals surface area contributed by atoms with Crippen molar-refractivity contribution in [2.24, 2.45) is 0 Å². The van der Waals surface area contributed by atoms with Gasteiger partial charge < -0.3 is 5.73 Å². The number of benzene rings is 1. The molecule has 2 rings (SSSR count). The van der Waals surface area contributed by atoms with Gasteiger partial charge in [0.05, 0.1) is 11.4 Å². The molecule has 18 heavy (non-hydrogen) atoms. The Labute approximate surface area is 108 Å². The van der Waals surface area contributed by atoms with Crippen LogP contribution in [0.1, 0.15) is 19.8 Å². The van der Waals surface area contributed by atoms with Crippen LogP contribution in [0.5, 0.6) is 0 Å². The summed E-state index contributed by atoms with van der Waals surface area (Å²) in [4.78, 5) is 0. The first-order chi connectivity index (χ1) is 8.57. The van der Waals surface area contributed by atoms with Gasteiger partial charge in [-0.3, -0.25) is 4.31 Å². The molecule has 0 spiro atoms. The van der Waals surface area contributed by atoms with E-state index in [2.05, 4.69) is 0 Å². The van der Waals surface area contributed by atoms with E-state index in [0.29, 0.717) is 31.0 Å². The largest absolute Gasteiger partial charge is 0.397 e. The van der Waals surface area contributed by atoms with E-state index < -0.39 is 10.2 Å². The number of nitrogens with zero attached hydrogens (tertiary/aromatic N) is 2. The van der Waals surface area contributed by atoms with E-state index >= 15 is 0 Å². The van der Waals surface area contributed by atoms with Gasteiger partial charge in [-0.1, -0.05) is 12.1 Å². The van der Waals surface area contributed by atoms with Gasteiger partial charge in [-0.05, 0) is 31.9 Å².